The van der Waals surface area contributed by atoms with E-state index in [0.29, 0.717) is 30.7 Å². The molecule has 0 radical (unpaired) electrons. The van der Waals surface area contributed by atoms with E-state index in [0.717, 1.165) is 24.1 Å². The Balaban J connectivity index is 1.96. The number of rotatable bonds is 7. The van der Waals surface area contributed by atoms with Crippen LogP contribution in [-0.4, -0.2) is 42.9 Å². The maximum absolute atomic E-state index is 12.5. The van der Waals surface area contributed by atoms with Crippen molar-refractivity contribution in [2.24, 2.45) is 11.8 Å². The number of hydrogen-bond donors (Lipinski definition) is 3. The molecule has 1 aromatic carbocycles. The lowest BCUT2D eigenvalue weighted by Crippen LogP contribution is -2.38. The zero-order valence-electron chi connectivity index (χ0n) is 15.8. The van der Waals surface area contributed by atoms with Crippen molar-refractivity contribution in [1.82, 2.24) is 5.32 Å². The van der Waals surface area contributed by atoms with Gasteiger partial charge >= 0.3 is 0 Å². The van der Waals surface area contributed by atoms with E-state index in [1.54, 1.807) is 0 Å². The van der Waals surface area contributed by atoms with E-state index in [2.05, 4.69) is 31.4 Å². The summed E-state index contributed by atoms with van der Waals surface area (Å²) in [7, 11) is 0. The Morgan fingerprint density at radius 2 is 1.96 bits per heavy atom. The molecule has 1 amide bonds. The Morgan fingerprint density at radius 1 is 1.28 bits per heavy atom. The molecule has 0 aromatic heterocycles. The molecule has 1 aliphatic heterocycles. The average Bonchev–Trinajstić information content (AvgIpc) is 2.61. The van der Waals surface area contributed by atoms with Crippen LogP contribution in [0, 0.1) is 18.8 Å². The second kappa shape index (κ2) is 9.20. The van der Waals surface area contributed by atoms with Crippen LogP contribution >= 0.6 is 0 Å². The first-order valence-corrected chi connectivity index (χ1v) is 9.30. The number of benzene rings is 1. The molecule has 2 atom stereocenters. The van der Waals surface area contributed by atoms with Crippen LogP contribution in [0.1, 0.15) is 49.5 Å². The molecule has 5 heteroatoms. The van der Waals surface area contributed by atoms with Crippen molar-refractivity contribution in [2.75, 3.05) is 25.1 Å². The van der Waals surface area contributed by atoms with Gasteiger partial charge in [0, 0.05) is 37.1 Å². The summed E-state index contributed by atoms with van der Waals surface area (Å²) in [6.07, 6.45) is 1.18. The van der Waals surface area contributed by atoms with Crippen LogP contribution in [0.5, 0.6) is 0 Å². The minimum Gasteiger partial charge on any atom is -0.391 e. The van der Waals surface area contributed by atoms with Crippen LogP contribution in [0.2, 0.25) is 0 Å². The summed E-state index contributed by atoms with van der Waals surface area (Å²) in [5, 5.41) is 16.7. The standard InChI is InChI=1S/C20H32N2O3/c1-13(2)15(4)22-18-7-5-6-17(14(18)3)20(24)21-12-19(23)16-8-10-25-11-9-16/h5-7,13,15-16,19,22-23H,8-12H2,1-4H3,(H,21,24)/t15-,19-/m0/s1. The first-order valence-electron chi connectivity index (χ1n) is 9.30. The SMILES string of the molecule is Cc1c(N[C@@H](C)C(C)C)cccc1C(=O)NC[C@H](O)C1CCOCC1. The maximum Gasteiger partial charge on any atom is 0.251 e. The van der Waals surface area contributed by atoms with Crippen LogP contribution in [-0.2, 0) is 4.74 Å². The predicted octanol–water partition coefficient (Wildman–Crippen LogP) is 2.97. The molecule has 0 saturated carbocycles. The highest BCUT2D eigenvalue weighted by atomic mass is 16.5. The molecule has 0 bridgehead atoms. The minimum absolute atomic E-state index is 0.135. The molecule has 140 valence electrons. The molecular weight excluding hydrogens is 316 g/mol. The van der Waals surface area contributed by atoms with Crippen molar-refractivity contribution < 1.29 is 14.6 Å². The number of carbonyl (C=O) groups excluding carboxylic acids is 1. The summed E-state index contributed by atoms with van der Waals surface area (Å²) >= 11 is 0. The van der Waals surface area contributed by atoms with Gasteiger partial charge in [0.05, 0.1) is 6.10 Å². The van der Waals surface area contributed by atoms with E-state index in [1.165, 1.54) is 0 Å². The maximum atomic E-state index is 12.5. The molecule has 3 N–H and O–H groups in total. The molecule has 1 aliphatic rings. The van der Waals surface area contributed by atoms with Gasteiger partial charge in [-0.25, -0.2) is 0 Å². The third-order valence-corrected chi connectivity index (χ3v) is 5.24. The zero-order chi connectivity index (χ0) is 18.4. The highest BCUT2D eigenvalue weighted by Crippen LogP contribution is 2.22. The number of aliphatic hydroxyl groups is 1. The van der Waals surface area contributed by atoms with E-state index < -0.39 is 6.10 Å². The molecule has 0 aliphatic carbocycles. The number of carbonyl (C=O) groups is 1. The van der Waals surface area contributed by atoms with E-state index in [1.807, 2.05) is 25.1 Å². The summed E-state index contributed by atoms with van der Waals surface area (Å²) < 4.78 is 5.32. The van der Waals surface area contributed by atoms with Gasteiger partial charge in [0.25, 0.3) is 5.91 Å². The van der Waals surface area contributed by atoms with Gasteiger partial charge in [-0.1, -0.05) is 19.9 Å². The third kappa shape index (κ3) is 5.44. The van der Waals surface area contributed by atoms with Crippen LogP contribution in [0.3, 0.4) is 0 Å². The number of amides is 1. The van der Waals surface area contributed by atoms with Crippen molar-refractivity contribution in [3.8, 4) is 0 Å². The molecule has 1 heterocycles. The van der Waals surface area contributed by atoms with Crippen LogP contribution in [0.25, 0.3) is 0 Å². The predicted molar refractivity (Wildman–Crippen MR) is 101 cm³/mol. The Labute approximate surface area is 151 Å². The summed E-state index contributed by atoms with van der Waals surface area (Å²) in [4.78, 5) is 12.5. The van der Waals surface area contributed by atoms with Crippen molar-refractivity contribution in [1.29, 1.82) is 0 Å². The summed E-state index contributed by atoms with van der Waals surface area (Å²) in [6, 6.07) is 6.05. The van der Waals surface area contributed by atoms with Gasteiger partial charge in [-0.2, -0.15) is 0 Å². The number of hydrogen-bond acceptors (Lipinski definition) is 4. The Hall–Kier alpha value is -1.59. The van der Waals surface area contributed by atoms with E-state index in [4.69, 9.17) is 4.74 Å². The number of ether oxygens (including phenoxy) is 1. The molecule has 1 saturated heterocycles. The fourth-order valence-corrected chi connectivity index (χ4v) is 3.01. The molecule has 25 heavy (non-hydrogen) atoms. The topological polar surface area (TPSA) is 70.6 Å². The first kappa shape index (κ1) is 19.7. The van der Waals surface area contributed by atoms with Crippen molar-refractivity contribution in [3.63, 3.8) is 0 Å². The molecule has 1 fully saturated rings. The third-order valence-electron chi connectivity index (χ3n) is 5.24. The van der Waals surface area contributed by atoms with Crippen molar-refractivity contribution >= 4 is 11.6 Å². The highest BCUT2D eigenvalue weighted by Gasteiger charge is 2.23. The van der Waals surface area contributed by atoms with Gasteiger partial charge in [-0.05, 0) is 56.2 Å². The second-order valence-electron chi connectivity index (χ2n) is 7.38. The second-order valence-corrected chi connectivity index (χ2v) is 7.38. The number of anilines is 1. The molecule has 2 rings (SSSR count). The first-order chi connectivity index (χ1) is 11.9. The number of aliphatic hydroxyl groups excluding tert-OH is 1. The van der Waals surface area contributed by atoms with Crippen LogP contribution in [0.4, 0.5) is 5.69 Å². The molecule has 1 aromatic rings. The monoisotopic (exact) mass is 348 g/mol. The van der Waals surface area contributed by atoms with Crippen molar-refractivity contribution in [2.45, 2.75) is 52.7 Å². The van der Waals surface area contributed by atoms with Crippen molar-refractivity contribution in [3.05, 3.63) is 29.3 Å². The Morgan fingerprint density at radius 3 is 2.60 bits per heavy atom. The lowest BCUT2D eigenvalue weighted by atomic mass is 9.94. The fraction of sp³-hybridized carbons (Fsp3) is 0.650. The normalized spacial score (nSPS) is 18.0. The van der Waals surface area contributed by atoms with Gasteiger partial charge in [0.15, 0.2) is 0 Å². The van der Waals surface area contributed by atoms with Gasteiger partial charge in [0.2, 0.25) is 0 Å². The Kier molecular flexibility index (Phi) is 7.26. The van der Waals surface area contributed by atoms with E-state index in [9.17, 15) is 9.90 Å². The van der Waals surface area contributed by atoms with E-state index >= 15 is 0 Å². The molecular formula is C20H32N2O3. The largest absolute Gasteiger partial charge is 0.391 e. The van der Waals surface area contributed by atoms with E-state index in [-0.39, 0.29) is 18.4 Å². The lowest BCUT2D eigenvalue weighted by molar-refractivity contribution is 0.00873. The minimum atomic E-state index is -0.518. The smallest absolute Gasteiger partial charge is 0.251 e. The molecule has 0 unspecified atom stereocenters. The summed E-state index contributed by atoms with van der Waals surface area (Å²) in [6.45, 7) is 10.1. The van der Waals surface area contributed by atoms with Crippen LogP contribution in [0.15, 0.2) is 18.2 Å². The van der Waals surface area contributed by atoms with Gasteiger partial charge in [-0.15, -0.1) is 0 Å². The van der Waals surface area contributed by atoms with Gasteiger partial charge in [0.1, 0.15) is 0 Å². The zero-order valence-corrected chi connectivity index (χ0v) is 15.8. The van der Waals surface area contributed by atoms with Gasteiger partial charge in [-0.3, -0.25) is 4.79 Å². The number of nitrogens with one attached hydrogen (secondary N) is 2. The van der Waals surface area contributed by atoms with Crippen LogP contribution < -0.4 is 10.6 Å². The van der Waals surface area contributed by atoms with Gasteiger partial charge < -0.3 is 20.5 Å². The highest BCUT2D eigenvalue weighted by molar-refractivity contribution is 5.97. The summed E-state index contributed by atoms with van der Waals surface area (Å²) in [5.74, 6) is 0.575. The molecule has 5 nitrogen and oxygen atoms in total. The Bertz CT molecular complexity index is 568. The lowest BCUT2D eigenvalue weighted by Gasteiger charge is -2.27. The quantitative estimate of drug-likeness (QED) is 0.708. The fourth-order valence-electron chi connectivity index (χ4n) is 3.01. The summed E-state index contributed by atoms with van der Waals surface area (Å²) in [5.41, 5.74) is 2.58. The molecule has 0 spiro atoms. The average molecular weight is 348 g/mol.